The van der Waals surface area contributed by atoms with Gasteiger partial charge < -0.3 is 5.32 Å². The van der Waals surface area contributed by atoms with Crippen LogP contribution in [0.15, 0.2) is 6.33 Å². The van der Waals surface area contributed by atoms with E-state index < -0.39 is 0 Å². The van der Waals surface area contributed by atoms with Crippen LogP contribution >= 0.6 is 0 Å². The molecule has 0 amide bonds. The SMILES string of the molecule is CCCn1ncnc1CN[C@@H](C)C1CCCCCC1. The van der Waals surface area contributed by atoms with Crippen LogP contribution in [0.25, 0.3) is 0 Å². The molecule has 1 fully saturated rings. The van der Waals surface area contributed by atoms with E-state index >= 15 is 0 Å². The molecule has 0 spiro atoms. The molecule has 4 heteroatoms. The lowest BCUT2D eigenvalue weighted by atomic mass is 9.93. The Labute approximate surface area is 117 Å². The van der Waals surface area contributed by atoms with Gasteiger partial charge in [-0.05, 0) is 32.1 Å². The number of aromatic nitrogens is 3. The minimum Gasteiger partial charge on any atom is -0.307 e. The molecule has 1 heterocycles. The summed E-state index contributed by atoms with van der Waals surface area (Å²) in [6.45, 7) is 6.32. The topological polar surface area (TPSA) is 42.7 Å². The maximum atomic E-state index is 4.36. The molecule has 0 unspecified atom stereocenters. The first-order valence-electron chi connectivity index (χ1n) is 7.91. The predicted molar refractivity (Wildman–Crippen MR) is 77.8 cm³/mol. The Morgan fingerprint density at radius 1 is 1.32 bits per heavy atom. The zero-order valence-electron chi connectivity index (χ0n) is 12.4. The maximum absolute atomic E-state index is 4.36. The molecule has 0 bridgehead atoms. The molecule has 1 aromatic rings. The van der Waals surface area contributed by atoms with Crippen LogP contribution in [0.5, 0.6) is 0 Å². The molecule has 1 atom stereocenters. The molecule has 0 aliphatic heterocycles. The molecular formula is C15H28N4. The van der Waals surface area contributed by atoms with Crippen molar-refractivity contribution >= 4 is 0 Å². The molecular weight excluding hydrogens is 236 g/mol. The molecule has 0 aromatic carbocycles. The maximum Gasteiger partial charge on any atom is 0.140 e. The summed E-state index contributed by atoms with van der Waals surface area (Å²) in [4.78, 5) is 4.36. The lowest BCUT2D eigenvalue weighted by Crippen LogP contribution is -2.33. The number of rotatable bonds is 6. The quantitative estimate of drug-likeness (QED) is 0.803. The summed E-state index contributed by atoms with van der Waals surface area (Å²) in [6, 6.07) is 0.588. The smallest absolute Gasteiger partial charge is 0.140 e. The third-order valence-electron chi connectivity index (χ3n) is 4.32. The van der Waals surface area contributed by atoms with Crippen molar-refractivity contribution in [2.24, 2.45) is 5.92 Å². The van der Waals surface area contributed by atoms with Crippen molar-refractivity contribution < 1.29 is 0 Å². The van der Waals surface area contributed by atoms with E-state index in [1.807, 2.05) is 4.68 Å². The van der Waals surface area contributed by atoms with Crippen LogP contribution in [0.1, 0.15) is 64.6 Å². The van der Waals surface area contributed by atoms with Gasteiger partial charge in [-0.3, -0.25) is 0 Å². The summed E-state index contributed by atoms with van der Waals surface area (Å²) in [6.07, 6.45) is 11.2. The van der Waals surface area contributed by atoms with Gasteiger partial charge in [0, 0.05) is 12.6 Å². The normalized spacial score (nSPS) is 19.3. The Morgan fingerprint density at radius 2 is 2.05 bits per heavy atom. The minimum atomic E-state index is 0.588. The zero-order chi connectivity index (χ0) is 13.5. The second-order valence-corrected chi connectivity index (χ2v) is 5.82. The standard InChI is InChI=1S/C15H28N4/c1-3-10-19-15(17-12-18-19)11-16-13(2)14-8-6-4-5-7-9-14/h12-14,16H,3-11H2,1-2H3/t13-/m0/s1. The van der Waals surface area contributed by atoms with E-state index in [1.165, 1.54) is 38.5 Å². The summed E-state index contributed by atoms with van der Waals surface area (Å²) in [7, 11) is 0. The highest BCUT2D eigenvalue weighted by Gasteiger charge is 2.19. The molecule has 0 saturated heterocycles. The first-order valence-corrected chi connectivity index (χ1v) is 7.91. The molecule has 108 valence electrons. The van der Waals surface area contributed by atoms with Gasteiger partial charge in [-0.15, -0.1) is 0 Å². The molecule has 1 aromatic heterocycles. The first kappa shape index (κ1) is 14.5. The van der Waals surface area contributed by atoms with Gasteiger partial charge in [0.2, 0.25) is 0 Å². The van der Waals surface area contributed by atoms with E-state index in [4.69, 9.17) is 0 Å². The Balaban J connectivity index is 1.81. The number of aryl methyl sites for hydroxylation is 1. The van der Waals surface area contributed by atoms with E-state index in [0.29, 0.717) is 6.04 Å². The van der Waals surface area contributed by atoms with Gasteiger partial charge in [0.1, 0.15) is 12.2 Å². The molecule has 1 N–H and O–H groups in total. The monoisotopic (exact) mass is 264 g/mol. The van der Waals surface area contributed by atoms with Crippen molar-refractivity contribution in [3.63, 3.8) is 0 Å². The van der Waals surface area contributed by atoms with Crippen LogP contribution in [0.4, 0.5) is 0 Å². The van der Waals surface area contributed by atoms with Crippen molar-refractivity contribution in [3.05, 3.63) is 12.2 Å². The highest BCUT2D eigenvalue weighted by atomic mass is 15.3. The highest BCUT2D eigenvalue weighted by Crippen LogP contribution is 2.25. The van der Waals surface area contributed by atoms with Crippen LogP contribution in [-0.4, -0.2) is 20.8 Å². The number of nitrogens with one attached hydrogen (secondary N) is 1. The third-order valence-corrected chi connectivity index (χ3v) is 4.32. The van der Waals surface area contributed by atoms with Crippen molar-refractivity contribution in [1.29, 1.82) is 0 Å². The first-order chi connectivity index (χ1) is 9.31. The van der Waals surface area contributed by atoms with Gasteiger partial charge in [0.05, 0.1) is 6.54 Å². The fourth-order valence-corrected chi connectivity index (χ4v) is 3.05. The van der Waals surface area contributed by atoms with Crippen LogP contribution in [-0.2, 0) is 13.1 Å². The lowest BCUT2D eigenvalue weighted by Gasteiger charge is -2.23. The molecule has 0 radical (unpaired) electrons. The predicted octanol–water partition coefficient (Wildman–Crippen LogP) is 3.14. The van der Waals surface area contributed by atoms with Gasteiger partial charge in [-0.25, -0.2) is 9.67 Å². The van der Waals surface area contributed by atoms with Crippen LogP contribution in [0.2, 0.25) is 0 Å². The fourth-order valence-electron chi connectivity index (χ4n) is 3.05. The van der Waals surface area contributed by atoms with Crippen LogP contribution in [0, 0.1) is 5.92 Å². The van der Waals surface area contributed by atoms with Crippen molar-refractivity contribution in [2.45, 2.75) is 77.9 Å². The van der Waals surface area contributed by atoms with Gasteiger partial charge >= 0.3 is 0 Å². The number of nitrogens with zero attached hydrogens (tertiary/aromatic N) is 3. The van der Waals surface area contributed by atoms with E-state index in [-0.39, 0.29) is 0 Å². The lowest BCUT2D eigenvalue weighted by molar-refractivity contribution is 0.331. The van der Waals surface area contributed by atoms with Gasteiger partial charge in [-0.2, -0.15) is 5.10 Å². The fraction of sp³-hybridized carbons (Fsp3) is 0.867. The summed E-state index contributed by atoms with van der Waals surface area (Å²) >= 11 is 0. The molecule has 1 aliphatic carbocycles. The molecule has 1 aliphatic rings. The average Bonchev–Trinajstić information content (AvgIpc) is 2.68. The summed E-state index contributed by atoms with van der Waals surface area (Å²) in [5.74, 6) is 1.91. The van der Waals surface area contributed by atoms with Crippen molar-refractivity contribution in [1.82, 2.24) is 20.1 Å². The summed E-state index contributed by atoms with van der Waals surface area (Å²) in [5, 5.41) is 7.93. The Kier molecular flexibility index (Phi) is 5.83. The Hall–Kier alpha value is -0.900. The van der Waals surface area contributed by atoms with Crippen molar-refractivity contribution in [2.75, 3.05) is 0 Å². The second-order valence-electron chi connectivity index (χ2n) is 5.82. The van der Waals surface area contributed by atoms with Gasteiger partial charge in [-0.1, -0.05) is 32.6 Å². The van der Waals surface area contributed by atoms with Gasteiger partial charge in [0.15, 0.2) is 0 Å². The summed E-state index contributed by atoms with van der Waals surface area (Å²) < 4.78 is 2.02. The van der Waals surface area contributed by atoms with Crippen molar-refractivity contribution in [3.8, 4) is 0 Å². The Bertz CT molecular complexity index is 353. The molecule has 2 rings (SSSR count). The molecule has 4 nitrogen and oxygen atoms in total. The largest absolute Gasteiger partial charge is 0.307 e. The average molecular weight is 264 g/mol. The van der Waals surface area contributed by atoms with E-state index in [1.54, 1.807) is 6.33 Å². The second kappa shape index (κ2) is 7.63. The zero-order valence-corrected chi connectivity index (χ0v) is 12.4. The third kappa shape index (κ3) is 4.30. The summed E-state index contributed by atoms with van der Waals surface area (Å²) in [5.41, 5.74) is 0. The minimum absolute atomic E-state index is 0.588. The molecule has 19 heavy (non-hydrogen) atoms. The number of hydrogen-bond acceptors (Lipinski definition) is 3. The van der Waals surface area contributed by atoms with E-state index in [0.717, 1.165) is 31.3 Å². The van der Waals surface area contributed by atoms with E-state index in [9.17, 15) is 0 Å². The van der Waals surface area contributed by atoms with Gasteiger partial charge in [0.25, 0.3) is 0 Å². The molecule has 1 saturated carbocycles. The number of hydrogen-bond donors (Lipinski definition) is 1. The highest BCUT2D eigenvalue weighted by molar-refractivity contribution is 4.86. The Morgan fingerprint density at radius 3 is 2.74 bits per heavy atom. The van der Waals surface area contributed by atoms with Crippen LogP contribution in [0.3, 0.4) is 0 Å². The van der Waals surface area contributed by atoms with Crippen LogP contribution < -0.4 is 5.32 Å². The van der Waals surface area contributed by atoms with E-state index in [2.05, 4.69) is 29.2 Å².